The lowest BCUT2D eigenvalue weighted by molar-refractivity contribution is 0.0728. The summed E-state index contributed by atoms with van der Waals surface area (Å²) in [4.78, 5) is 12.6. The van der Waals surface area contributed by atoms with Crippen LogP contribution in [0.25, 0.3) is 11.1 Å². The van der Waals surface area contributed by atoms with E-state index in [4.69, 9.17) is 9.47 Å². The van der Waals surface area contributed by atoms with Crippen LogP contribution in [0.1, 0.15) is 54.4 Å². The standard InChI is InChI=1S/C30H29F3O4/c1-3-16-36-23-12-13-24(27(31)17-23)20-8-10-22(11-9-20)37-30(35)26-15-14-25(28(32)29(26)33)21-6-4-19(5-7-21)18(2)34/h3,8-15,17-19,21,34H,1,4-7,16H2,2H3. The van der Waals surface area contributed by atoms with Crippen LogP contribution in [0.5, 0.6) is 11.5 Å². The molecule has 1 unspecified atom stereocenters. The predicted octanol–water partition coefficient (Wildman–Crippen LogP) is 7.21. The molecular weight excluding hydrogens is 481 g/mol. The molecule has 1 atom stereocenters. The zero-order valence-electron chi connectivity index (χ0n) is 20.6. The molecule has 0 aromatic heterocycles. The zero-order valence-corrected chi connectivity index (χ0v) is 20.6. The van der Waals surface area contributed by atoms with Gasteiger partial charge in [0.05, 0.1) is 11.7 Å². The van der Waals surface area contributed by atoms with E-state index in [9.17, 15) is 23.1 Å². The van der Waals surface area contributed by atoms with Gasteiger partial charge in [-0.3, -0.25) is 0 Å². The largest absolute Gasteiger partial charge is 0.489 e. The molecule has 4 nitrogen and oxygen atoms in total. The Morgan fingerprint density at radius 3 is 2.30 bits per heavy atom. The number of aliphatic hydroxyl groups is 1. The molecule has 1 saturated carbocycles. The monoisotopic (exact) mass is 510 g/mol. The SMILES string of the molecule is C=CCOc1ccc(-c2ccc(OC(=O)c3ccc(C4CCC(C(C)O)CC4)c(F)c3F)cc2)c(F)c1. The van der Waals surface area contributed by atoms with Gasteiger partial charge in [0.1, 0.15) is 23.9 Å². The Labute approximate surface area is 214 Å². The average molecular weight is 511 g/mol. The van der Waals surface area contributed by atoms with Crippen molar-refractivity contribution in [2.24, 2.45) is 5.92 Å². The van der Waals surface area contributed by atoms with Gasteiger partial charge in [-0.15, -0.1) is 0 Å². The van der Waals surface area contributed by atoms with Crippen LogP contribution < -0.4 is 9.47 Å². The van der Waals surface area contributed by atoms with Crippen LogP contribution in [-0.2, 0) is 0 Å². The molecule has 0 heterocycles. The number of rotatable bonds is 8. The first-order valence-electron chi connectivity index (χ1n) is 12.3. The van der Waals surface area contributed by atoms with Gasteiger partial charge in [-0.25, -0.2) is 18.0 Å². The Bertz CT molecular complexity index is 1260. The van der Waals surface area contributed by atoms with Gasteiger partial charge in [-0.1, -0.05) is 30.9 Å². The molecule has 194 valence electrons. The van der Waals surface area contributed by atoms with Gasteiger partial charge in [0.2, 0.25) is 0 Å². The lowest BCUT2D eigenvalue weighted by atomic mass is 9.76. The first-order valence-corrected chi connectivity index (χ1v) is 12.3. The second-order valence-electron chi connectivity index (χ2n) is 9.34. The fourth-order valence-electron chi connectivity index (χ4n) is 4.79. The maximum atomic E-state index is 14.9. The first kappa shape index (κ1) is 26.5. The summed E-state index contributed by atoms with van der Waals surface area (Å²) in [7, 11) is 0. The summed E-state index contributed by atoms with van der Waals surface area (Å²) < 4.78 is 54.8. The average Bonchev–Trinajstić information content (AvgIpc) is 2.89. The molecule has 1 N–H and O–H groups in total. The van der Waals surface area contributed by atoms with E-state index in [2.05, 4.69) is 6.58 Å². The lowest BCUT2D eigenvalue weighted by Gasteiger charge is -2.30. The Hall–Kier alpha value is -3.58. The predicted molar refractivity (Wildman–Crippen MR) is 135 cm³/mol. The fraction of sp³-hybridized carbons (Fsp3) is 0.300. The number of esters is 1. The fourth-order valence-corrected chi connectivity index (χ4v) is 4.79. The number of carbonyl (C=O) groups is 1. The molecule has 7 heteroatoms. The Kier molecular flexibility index (Phi) is 8.34. The molecule has 0 radical (unpaired) electrons. The zero-order chi connectivity index (χ0) is 26.5. The molecule has 0 amide bonds. The minimum atomic E-state index is -1.24. The normalized spacial score (nSPS) is 18.2. The van der Waals surface area contributed by atoms with E-state index in [1.165, 1.54) is 30.3 Å². The molecule has 0 saturated heterocycles. The molecule has 0 spiro atoms. The topological polar surface area (TPSA) is 55.8 Å². The van der Waals surface area contributed by atoms with Crippen molar-refractivity contribution in [3.05, 3.63) is 95.8 Å². The minimum absolute atomic E-state index is 0.112. The Balaban J connectivity index is 1.44. The summed E-state index contributed by atoms with van der Waals surface area (Å²) in [6.45, 7) is 5.56. The molecule has 3 aromatic rings. The summed E-state index contributed by atoms with van der Waals surface area (Å²) in [6.07, 6.45) is 3.90. The highest BCUT2D eigenvalue weighted by Gasteiger charge is 2.29. The van der Waals surface area contributed by atoms with Gasteiger partial charge >= 0.3 is 5.97 Å². The van der Waals surface area contributed by atoms with E-state index < -0.39 is 35.1 Å². The highest BCUT2D eigenvalue weighted by Crippen LogP contribution is 2.39. The van der Waals surface area contributed by atoms with Crippen molar-refractivity contribution in [3.8, 4) is 22.6 Å². The van der Waals surface area contributed by atoms with Crippen LogP contribution in [0.3, 0.4) is 0 Å². The van der Waals surface area contributed by atoms with Gasteiger partial charge < -0.3 is 14.6 Å². The molecular formula is C30H29F3O4. The molecule has 1 aliphatic carbocycles. The second-order valence-corrected chi connectivity index (χ2v) is 9.34. The van der Waals surface area contributed by atoms with Crippen molar-refractivity contribution in [1.82, 2.24) is 0 Å². The molecule has 3 aromatic carbocycles. The van der Waals surface area contributed by atoms with Gasteiger partial charge in [-0.2, -0.15) is 0 Å². The van der Waals surface area contributed by atoms with Crippen molar-refractivity contribution < 1.29 is 32.5 Å². The Morgan fingerprint density at radius 1 is 1.00 bits per heavy atom. The summed E-state index contributed by atoms with van der Waals surface area (Å²) in [5.74, 6) is -3.30. The van der Waals surface area contributed by atoms with Crippen molar-refractivity contribution >= 4 is 5.97 Å². The lowest BCUT2D eigenvalue weighted by Crippen LogP contribution is -2.23. The number of halogens is 3. The number of hydrogen-bond donors (Lipinski definition) is 1. The minimum Gasteiger partial charge on any atom is -0.489 e. The van der Waals surface area contributed by atoms with Gasteiger partial charge in [0.15, 0.2) is 11.6 Å². The highest BCUT2D eigenvalue weighted by molar-refractivity contribution is 5.91. The van der Waals surface area contributed by atoms with E-state index in [0.717, 1.165) is 12.8 Å². The van der Waals surface area contributed by atoms with Crippen LogP contribution in [0.2, 0.25) is 0 Å². The summed E-state index contributed by atoms with van der Waals surface area (Å²) in [5, 5.41) is 9.76. The second kappa shape index (κ2) is 11.6. The van der Waals surface area contributed by atoms with Crippen LogP contribution in [0.4, 0.5) is 13.2 Å². The van der Waals surface area contributed by atoms with Crippen LogP contribution >= 0.6 is 0 Å². The maximum Gasteiger partial charge on any atom is 0.346 e. The first-order chi connectivity index (χ1) is 17.8. The number of carbonyl (C=O) groups excluding carboxylic acids is 1. The number of hydrogen-bond acceptors (Lipinski definition) is 4. The molecule has 1 fully saturated rings. The quantitative estimate of drug-likeness (QED) is 0.198. The van der Waals surface area contributed by atoms with Crippen LogP contribution in [0, 0.1) is 23.4 Å². The molecule has 4 rings (SSSR count). The van der Waals surface area contributed by atoms with Crippen LogP contribution in [-0.4, -0.2) is 23.8 Å². The van der Waals surface area contributed by atoms with E-state index >= 15 is 0 Å². The summed E-state index contributed by atoms with van der Waals surface area (Å²) >= 11 is 0. The third-order valence-corrected chi connectivity index (χ3v) is 6.91. The van der Waals surface area contributed by atoms with Crippen molar-refractivity contribution in [3.63, 3.8) is 0 Å². The van der Waals surface area contributed by atoms with Crippen LogP contribution in [0.15, 0.2) is 67.3 Å². The summed E-state index contributed by atoms with van der Waals surface area (Å²) in [6, 6.07) is 13.2. The van der Waals surface area contributed by atoms with Crippen molar-refractivity contribution in [1.29, 1.82) is 0 Å². The third-order valence-electron chi connectivity index (χ3n) is 6.91. The van der Waals surface area contributed by atoms with E-state index in [1.807, 2.05) is 0 Å². The highest BCUT2D eigenvalue weighted by atomic mass is 19.2. The third kappa shape index (κ3) is 6.05. The molecule has 1 aliphatic rings. The van der Waals surface area contributed by atoms with Crippen molar-refractivity contribution in [2.45, 2.75) is 44.6 Å². The molecule has 0 aliphatic heterocycles. The van der Waals surface area contributed by atoms with Gasteiger partial charge in [0, 0.05) is 11.6 Å². The van der Waals surface area contributed by atoms with E-state index in [0.29, 0.717) is 29.7 Å². The smallest absolute Gasteiger partial charge is 0.346 e. The van der Waals surface area contributed by atoms with E-state index in [1.54, 1.807) is 37.3 Å². The number of benzene rings is 3. The molecule has 37 heavy (non-hydrogen) atoms. The molecule has 0 bridgehead atoms. The maximum absolute atomic E-state index is 14.9. The Morgan fingerprint density at radius 2 is 1.68 bits per heavy atom. The summed E-state index contributed by atoms with van der Waals surface area (Å²) in [5.41, 5.74) is 0.615. The van der Waals surface area contributed by atoms with Crippen molar-refractivity contribution in [2.75, 3.05) is 6.61 Å². The van der Waals surface area contributed by atoms with E-state index in [-0.39, 0.29) is 29.8 Å². The van der Waals surface area contributed by atoms with Gasteiger partial charge in [-0.05, 0) is 85.9 Å². The number of ether oxygens (including phenoxy) is 2. The van der Waals surface area contributed by atoms with Gasteiger partial charge in [0.25, 0.3) is 0 Å². The number of aliphatic hydroxyl groups excluding tert-OH is 1.